The van der Waals surface area contributed by atoms with Crippen molar-refractivity contribution in [1.29, 1.82) is 0 Å². The van der Waals surface area contributed by atoms with Gasteiger partial charge in [0.1, 0.15) is 0 Å². The van der Waals surface area contributed by atoms with E-state index in [2.05, 4.69) is 0 Å². The van der Waals surface area contributed by atoms with E-state index in [0.29, 0.717) is 11.1 Å². The number of aryl methyl sites for hydroxylation is 3. The summed E-state index contributed by atoms with van der Waals surface area (Å²) in [5.74, 6) is 0. The van der Waals surface area contributed by atoms with Crippen molar-refractivity contribution in [3.8, 4) is 0 Å². The van der Waals surface area contributed by atoms with Crippen molar-refractivity contribution in [2.24, 2.45) is 0 Å². The third kappa shape index (κ3) is 3.92. The largest absolute Gasteiger partial charge is 0.422 e. The molecule has 142 valence electrons. The van der Waals surface area contributed by atoms with Crippen LogP contribution in [-0.4, -0.2) is 26.2 Å². The number of alkyl halides is 3. The smallest absolute Gasteiger partial charge is 0.375 e. The van der Waals surface area contributed by atoms with Crippen molar-refractivity contribution in [2.75, 3.05) is 6.54 Å². The molecule has 0 unspecified atom stereocenters. The zero-order valence-electron chi connectivity index (χ0n) is 14.6. The lowest BCUT2D eigenvalue weighted by Gasteiger charge is -2.31. The number of rotatable bonds is 5. The van der Waals surface area contributed by atoms with Gasteiger partial charge in [0.05, 0.1) is 11.4 Å². The molecular weight excluding hydrogens is 367 g/mol. The Kier molecular flexibility index (Phi) is 5.51. The molecule has 2 rings (SSSR count). The Bertz CT molecular complexity index is 896. The van der Waals surface area contributed by atoms with E-state index in [9.17, 15) is 26.7 Å². The van der Waals surface area contributed by atoms with Crippen LogP contribution in [0.2, 0.25) is 0 Å². The van der Waals surface area contributed by atoms with Crippen molar-refractivity contribution in [2.45, 2.75) is 37.4 Å². The third-order valence-corrected chi connectivity index (χ3v) is 5.86. The molecule has 0 radical (unpaired) electrons. The molecule has 0 saturated carbocycles. The number of halogens is 3. The molecule has 0 aliphatic rings. The van der Waals surface area contributed by atoms with Crippen molar-refractivity contribution >= 4 is 10.0 Å². The zero-order valence-corrected chi connectivity index (χ0v) is 15.4. The Balaban J connectivity index is 2.39. The average molecular weight is 387 g/mol. The summed E-state index contributed by atoms with van der Waals surface area (Å²) in [6.07, 6.45) is -5.06. The average Bonchev–Trinajstić information content (AvgIpc) is 2.55. The minimum absolute atomic E-state index is 0.113. The molecule has 0 aliphatic carbocycles. The highest BCUT2D eigenvalue weighted by atomic mass is 32.2. The number of aliphatic hydroxyl groups is 1. The maximum Gasteiger partial charge on any atom is 0.422 e. The van der Waals surface area contributed by atoms with Crippen LogP contribution < -0.4 is 4.72 Å². The second-order valence-corrected chi connectivity index (χ2v) is 7.99. The summed E-state index contributed by atoms with van der Waals surface area (Å²) < 4.78 is 67.4. The molecular formula is C18H20F3NO3S. The molecule has 4 nitrogen and oxygen atoms in total. The van der Waals surface area contributed by atoms with Crippen LogP contribution in [0.25, 0.3) is 0 Å². The molecule has 1 atom stereocenters. The Hall–Kier alpha value is -1.90. The second-order valence-electron chi connectivity index (χ2n) is 6.25. The first kappa shape index (κ1) is 20.4. The highest BCUT2D eigenvalue weighted by Crippen LogP contribution is 2.38. The van der Waals surface area contributed by atoms with E-state index in [1.54, 1.807) is 19.9 Å². The SMILES string of the molecule is Cc1cc(C)c(S(=O)(=O)NC[C@](O)(c2ccccc2)C(F)(F)F)cc1C. The molecule has 8 heteroatoms. The normalized spacial score (nSPS) is 14.9. The Morgan fingerprint density at radius 3 is 2.04 bits per heavy atom. The van der Waals surface area contributed by atoms with Crippen molar-refractivity contribution in [3.05, 3.63) is 64.7 Å². The van der Waals surface area contributed by atoms with Gasteiger partial charge < -0.3 is 5.11 Å². The fourth-order valence-corrected chi connectivity index (χ4v) is 3.95. The lowest BCUT2D eigenvalue weighted by Crippen LogP contribution is -2.51. The number of nitrogens with one attached hydrogen (secondary N) is 1. The second kappa shape index (κ2) is 7.02. The van der Waals surface area contributed by atoms with Crippen LogP contribution in [0.5, 0.6) is 0 Å². The Labute approximate surface area is 150 Å². The summed E-state index contributed by atoms with van der Waals surface area (Å²) in [5, 5.41) is 10.2. The van der Waals surface area contributed by atoms with Crippen molar-refractivity contribution in [3.63, 3.8) is 0 Å². The molecule has 0 fully saturated rings. The number of hydrogen-bond donors (Lipinski definition) is 2. The molecule has 0 heterocycles. The molecule has 0 amide bonds. The van der Waals surface area contributed by atoms with E-state index in [4.69, 9.17) is 0 Å². The topological polar surface area (TPSA) is 66.4 Å². The summed E-state index contributed by atoms with van der Waals surface area (Å²) in [5.41, 5.74) is -1.79. The molecule has 26 heavy (non-hydrogen) atoms. The van der Waals surface area contributed by atoms with Crippen LogP contribution in [0.4, 0.5) is 13.2 Å². The predicted molar refractivity (Wildman–Crippen MR) is 92.2 cm³/mol. The number of benzene rings is 2. The molecule has 0 saturated heterocycles. The van der Waals surface area contributed by atoms with Gasteiger partial charge in [-0.25, -0.2) is 13.1 Å². The van der Waals surface area contributed by atoms with Gasteiger partial charge in [0, 0.05) is 0 Å². The molecule has 0 spiro atoms. The first-order chi connectivity index (χ1) is 11.9. The molecule has 0 aromatic heterocycles. The summed E-state index contributed by atoms with van der Waals surface area (Å²) in [7, 11) is -4.24. The van der Waals surface area contributed by atoms with Gasteiger partial charge in [-0.2, -0.15) is 13.2 Å². The zero-order chi connectivity index (χ0) is 19.8. The van der Waals surface area contributed by atoms with Gasteiger partial charge in [-0.3, -0.25) is 0 Å². The van der Waals surface area contributed by atoms with Crippen LogP contribution in [0.15, 0.2) is 47.4 Å². The van der Waals surface area contributed by atoms with Gasteiger partial charge in [0.2, 0.25) is 10.0 Å². The van der Waals surface area contributed by atoms with Crippen LogP contribution in [0.1, 0.15) is 22.3 Å². The van der Waals surface area contributed by atoms with E-state index in [0.717, 1.165) is 17.7 Å². The molecule has 0 aliphatic heterocycles. The monoisotopic (exact) mass is 387 g/mol. The summed E-state index contributed by atoms with van der Waals surface area (Å²) >= 11 is 0. The van der Waals surface area contributed by atoms with Crippen molar-refractivity contribution < 1.29 is 26.7 Å². The van der Waals surface area contributed by atoms with Gasteiger partial charge in [0.15, 0.2) is 5.60 Å². The predicted octanol–water partition coefficient (Wildman–Crippen LogP) is 3.34. The van der Waals surface area contributed by atoms with Crippen LogP contribution in [-0.2, 0) is 15.6 Å². The molecule has 2 N–H and O–H groups in total. The van der Waals surface area contributed by atoms with E-state index in [1.165, 1.54) is 24.3 Å². The maximum absolute atomic E-state index is 13.5. The van der Waals surface area contributed by atoms with Crippen LogP contribution in [0, 0.1) is 20.8 Å². The number of sulfonamides is 1. The fraction of sp³-hybridized carbons (Fsp3) is 0.333. The van der Waals surface area contributed by atoms with E-state index >= 15 is 0 Å². The van der Waals surface area contributed by atoms with Gasteiger partial charge in [-0.15, -0.1) is 0 Å². The quantitative estimate of drug-likeness (QED) is 0.827. The standard InChI is InChI=1S/C18H20F3NO3S/c1-12-9-14(3)16(10-13(12)2)26(24,25)22-11-17(23,18(19,20)21)15-7-5-4-6-8-15/h4-10,22-23H,11H2,1-3H3/t17-/m0/s1. The summed E-state index contributed by atoms with van der Waals surface area (Å²) in [4.78, 5) is -0.113. The van der Waals surface area contributed by atoms with Gasteiger partial charge in [-0.1, -0.05) is 36.4 Å². The van der Waals surface area contributed by atoms with Crippen molar-refractivity contribution in [1.82, 2.24) is 4.72 Å². The molecule has 2 aromatic rings. The fourth-order valence-electron chi connectivity index (χ4n) is 2.58. The Morgan fingerprint density at radius 1 is 0.962 bits per heavy atom. The van der Waals surface area contributed by atoms with E-state index in [1.807, 2.05) is 11.6 Å². The lowest BCUT2D eigenvalue weighted by atomic mass is 9.93. The maximum atomic E-state index is 13.5. The molecule has 2 aromatic carbocycles. The first-order valence-corrected chi connectivity index (χ1v) is 9.29. The van der Waals surface area contributed by atoms with Gasteiger partial charge >= 0.3 is 6.18 Å². The van der Waals surface area contributed by atoms with E-state index < -0.39 is 33.9 Å². The Morgan fingerprint density at radius 2 is 1.50 bits per heavy atom. The van der Waals surface area contributed by atoms with Crippen LogP contribution >= 0.6 is 0 Å². The summed E-state index contributed by atoms with van der Waals surface area (Å²) in [6, 6.07) is 9.44. The van der Waals surface area contributed by atoms with Crippen LogP contribution in [0.3, 0.4) is 0 Å². The summed E-state index contributed by atoms with van der Waals surface area (Å²) in [6.45, 7) is 3.86. The first-order valence-electron chi connectivity index (χ1n) is 7.80. The minimum Gasteiger partial charge on any atom is -0.375 e. The van der Waals surface area contributed by atoms with Gasteiger partial charge in [0.25, 0.3) is 0 Å². The highest BCUT2D eigenvalue weighted by Gasteiger charge is 2.55. The van der Waals surface area contributed by atoms with Gasteiger partial charge in [-0.05, 0) is 49.1 Å². The lowest BCUT2D eigenvalue weighted by molar-refractivity contribution is -0.263. The molecule has 0 bridgehead atoms. The number of hydrogen-bond acceptors (Lipinski definition) is 3. The van der Waals surface area contributed by atoms with E-state index in [-0.39, 0.29) is 4.90 Å². The highest BCUT2D eigenvalue weighted by molar-refractivity contribution is 7.89. The minimum atomic E-state index is -5.06. The third-order valence-electron chi connectivity index (χ3n) is 4.32.